The molecule has 0 saturated carbocycles. The number of amides is 1. The molecule has 0 bridgehead atoms. The molecule has 0 saturated heterocycles. The van der Waals surface area contributed by atoms with Crippen LogP contribution in [-0.2, 0) is 0 Å². The molecule has 100 valence electrons. The summed E-state index contributed by atoms with van der Waals surface area (Å²) in [4.78, 5) is 11.6. The van der Waals surface area contributed by atoms with Gasteiger partial charge < -0.3 is 10.4 Å². The summed E-state index contributed by atoms with van der Waals surface area (Å²) < 4.78 is 26.5. The van der Waals surface area contributed by atoms with Crippen molar-refractivity contribution < 1.29 is 18.7 Å². The van der Waals surface area contributed by atoms with E-state index in [1.807, 2.05) is 0 Å². The molecule has 1 aromatic carbocycles. The molecule has 0 heterocycles. The zero-order chi connectivity index (χ0) is 13.7. The molecule has 0 radical (unpaired) electrons. The van der Waals surface area contributed by atoms with E-state index in [9.17, 15) is 18.7 Å². The van der Waals surface area contributed by atoms with Crippen LogP contribution in [0.3, 0.4) is 0 Å². The molecular weight excluding hydrogens is 264 g/mol. The van der Waals surface area contributed by atoms with Crippen molar-refractivity contribution in [1.29, 1.82) is 0 Å². The van der Waals surface area contributed by atoms with Gasteiger partial charge in [-0.2, -0.15) is 0 Å². The monoisotopic (exact) mass is 277 g/mol. The molecule has 0 fully saturated rings. The smallest absolute Gasteiger partial charge is 0.254 e. The van der Waals surface area contributed by atoms with Crippen LogP contribution in [0.25, 0.3) is 0 Å². The molecule has 0 aliphatic carbocycles. The zero-order valence-corrected chi connectivity index (χ0v) is 10.6. The van der Waals surface area contributed by atoms with Crippen molar-refractivity contribution in [3.63, 3.8) is 0 Å². The van der Waals surface area contributed by atoms with Gasteiger partial charge in [0.15, 0.2) is 0 Å². The van der Waals surface area contributed by atoms with Crippen molar-refractivity contribution in [1.82, 2.24) is 5.32 Å². The van der Waals surface area contributed by atoms with Crippen LogP contribution in [0.15, 0.2) is 12.1 Å². The molecule has 18 heavy (non-hydrogen) atoms. The number of nitrogens with one attached hydrogen (secondary N) is 1. The van der Waals surface area contributed by atoms with Crippen LogP contribution in [0.5, 0.6) is 0 Å². The highest BCUT2D eigenvalue weighted by Gasteiger charge is 2.15. The van der Waals surface area contributed by atoms with Gasteiger partial charge in [0.1, 0.15) is 11.6 Å². The maximum Gasteiger partial charge on any atom is 0.254 e. The van der Waals surface area contributed by atoms with Gasteiger partial charge in [0.2, 0.25) is 0 Å². The Labute approximate surface area is 109 Å². The van der Waals surface area contributed by atoms with Gasteiger partial charge in [0.05, 0.1) is 16.7 Å². The van der Waals surface area contributed by atoms with Crippen LogP contribution in [0.1, 0.15) is 30.1 Å². The van der Waals surface area contributed by atoms with Crippen molar-refractivity contribution in [2.75, 3.05) is 6.54 Å². The Hall–Kier alpha value is -1.20. The third-order valence-corrected chi connectivity index (χ3v) is 2.78. The van der Waals surface area contributed by atoms with Gasteiger partial charge in [-0.25, -0.2) is 8.78 Å². The number of aliphatic hydroxyl groups excluding tert-OH is 1. The predicted molar refractivity (Wildman–Crippen MR) is 64.6 cm³/mol. The van der Waals surface area contributed by atoms with Crippen LogP contribution in [-0.4, -0.2) is 23.7 Å². The van der Waals surface area contributed by atoms with E-state index >= 15 is 0 Å². The van der Waals surface area contributed by atoms with Crippen LogP contribution >= 0.6 is 11.6 Å². The van der Waals surface area contributed by atoms with E-state index in [-0.39, 0.29) is 11.6 Å². The number of benzene rings is 1. The van der Waals surface area contributed by atoms with Crippen molar-refractivity contribution in [3.05, 3.63) is 34.4 Å². The third-order valence-electron chi connectivity index (χ3n) is 2.49. The third kappa shape index (κ3) is 3.92. The topological polar surface area (TPSA) is 49.3 Å². The predicted octanol–water partition coefficient (Wildman–Crippen LogP) is 2.51. The van der Waals surface area contributed by atoms with Gasteiger partial charge in [0, 0.05) is 6.54 Å². The van der Waals surface area contributed by atoms with Gasteiger partial charge in [-0.05, 0) is 25.0 Å². The Bertz CT molecular complexity index is 440. The second kappa shape index (κ2) is 6.66. The number of halogens is 3. The van der Waals surface area contributed by atoms with Gasteiger partial charge in [-0.1, -0.05) is 18.5 Å². The lowest BCUT2D eigenvalue weighted by Crippen LogP contribution is -2.27. The summed E-state index contributed by atoms with van der Waals surface area (Å²) in [5.74, 6) is -2.46. The molecule has 1 atom stereocenters. The molecule has 1 rings (SSSR count). The SMILES string of the molecule is CC[C@@H](O)CCNC(=O)c1cc(F)c(Cl)cc1F. The molecule has 3 nitrogen and oxygen atoms in total. The summed E-state index contributed by atoms with van der Waals surface area (Å²) in [6.07, 6.45) is 0.414. The second-order valence-corrected chi connectivity index (χ2v) is 4.26. The van der Waals surface area contributed by atoms with Crippen LogP contribution in [0.4, 0.5) is 8.78 Å². The Kier molecular flexibility index (Phi) is 5.50. The summed E-state index contributed by atoms with van der Waals surface area (Å²) in [5, 5.41) is 11.3. The molecule has 2 N–H and O–H groups in total. The molecule has 0 spiro atoms. The second-order valence-electron chi connectivity index (χ2n) is 3.85. The normalized spacial score (nSPS) is 12.3. The summed E-state index contributed by atoms with van der Waals surface area (Å²) in [7, 11) is 0. The average Bonchev–Trinajstić information content (AvgIpc) is 2.33. The Balaban J connectivity index is 2.64. The molecule has 0 aliphatic rings. The minimum atomic E-state index is -0.880. The first kappa shape index (κ1) is 14.9. The number of carbonyl (C=O) groups is 1. The molecule has 1 amide bonds. The Morgan fingerprint density at radius 2 is 2.11 bits per heavy atom. The molecular formula is C12H14ClF2NO2. The highest BCUT2D eigenvalue weighted by atomic mass is 35.5. The van der Waals surface area contributed by atoms with E-state index in [0.29, 0.717) is 12.8 Å². The van der Waals surface area contributed by atoms with Crippen molar-refractivity contribution in [3.8, 4) is 0 Å². The first-order valence-corrected chi connectivity index (χ1v) is 5.94. The zero-order valence-electron chi connectivity index (χ0n) is 9.84. The fourth-order valence-corrected chi connectivity index (χ4v) is 1.50. The lowest BCUT2D eigenvalue weighted by atomic mass is 10.1. The first-order valence-electron chi connectivity index (χ1n) is 5.56. The fraction of sp³-hybridized carbons (Fsp3) is 0.417. The molecule has 0 unspecified atom stereocenters. The van der Waals surface area contributed by atoms with Crippen molar-refractivity contribution in [2.45, 2.75) is 25.9 Å². The summed E-state index contributed by atoms with van der Waals surface area (Å²) in [6, 6.07) is 1.51. The minimum Gasteiger partial charge on any atom is -0.393 e. The number of hydrogen-bond acceptors (Lipinski definition) is 2. The first-order chi connectivity index (χ1) is 8.45. The largest absolute Gasteiger partial charge is 0.393 e. The molecule has 1 aromatic rings. The maximum atomic E-state index is 13.4. The van der Waals surface area contributed by atoms with Crippen molar-refractivity contribution in [2.24, 2.45) is 0 Å². The molecule has 0 aromatic heterocycles. The number of rotatable bonds is 5. The lowest BCUT2D eigenvalue weighted by molar-refractivity contribution is 0.0937. The summed E-state index contributed by atoms with van der Waals surface area (Å²) >= 11 is 5.38. The van der Waals surface area contributed by atoms with Crippen molar-refractivity contribution >= 4 is 17.5 Å². The Morgan fingerprint density at radius 3 is 2.72 bits per heavy atom. The fourth-order valence-electron chi connectivity index (χ4n) is 1.35. The number of carbonyl (C=O) groups excluding carboxylic acids is 1. The Morgan fingerprint density at radius 1 is 1.44 bits per heavy atom. The standard InChI is InChI=1S/C12H14ClF2NO2/c1-2-7(17)3-4-16-12(18)8-5-11(15)9(13)6-10(8)14/h5-7,17H,2-4H2,1H3,(H,16,18)/t7-/m1/s1. The quantitative estimate of drug-likeness (QED) is 0.813. The van der Waals surface area contributed by atoms with Crippen LogP contribution < -0.4 is 5.32 Å². The van der Waals surface area contributed by atoms with Gasteiger partial charge in [-0.3, -0.25) is 4.79 Å². The van der Waals surface area contributed by atoms with E-state index < -0.39 is 29.2 Å². The minimum absolute atomic E-state index is 0.192. The van der Waals surface area contributed by atoms with Crippen LogP contribution in [0, 0.1) is 11.6 Å². The van der Waals surface area contributed by atoms with E-state index in [1.54, 1.807) is 6.92 Å². The summed E-state index contributed by atoms with van der Waals surface area (Å²) in [6.45, 7) is 2.00. The van der Waals surface area contributed by atoms with Gasteiger partial charge in [0.25, 0.3) is 5.91 Å². The van der Waals surface area contributed by atoms with E-state index in [0.717, 1.165) is 12.1 Å². The highest BCUT2D eigenvalue weighted by molar-refractivity contribution is 6.30. The lowest BCUT2D eigenvalue weighted by Gasteiger charge is -2.09. The molecule has 6 heteroatoms. The highest BCUT2D eigenvalue weighted by Crippen LogP contribution is 2.19. The average molecular weight is 278 g/mol. The maximum absolute atomic E-state index is 13.4. The van der Waals surface area contributed by atoms with Gasteiger partial charge >= 0.3 is 0 Å². The van der Waals surface area contributed by atoms with E-state index in [2.05, 4.69) is 5.32 Å². The number of hydrogen-bond donors (Lipinski definition) is 2. The van der Waals surface area contributed by atoms with E-state index in [1.165, 1.54) is 0 Å². The van der Waals surface area contributed by atoms with E-state index in [4.69, 9.17) is 11.6 Å². The number of aliphatic hydroxyl groups is 1. The summed E-state index contributed by atoms with van der Waals surface area (Å²) in [5.41, 5.74) is -0.400. The van der Waals surface area contributed by atoms with Crippen LogP contribution in [0.2, 0.25) is 5.02 Å². The molecule has 0 aliphatic heterocycles. The van der Waals surface area contributed by atoms with Gasteiger partial charge in [-0.15, -0.1) is 0 Å².